The van der Waals surface area contributed by atoms with Crippen molar-refractivity contribution in [1.29, 1.82) is 0 Å². The molecule has 0 heterocycles. The smallest absolute Gasteiger partial charge is 0.129 e. The summed E-state index contributed by atoms with van der Waals surface area (Å²) in [5.41, 5.74) is 0.406. The fourth-order valence-electron chi connectivity index (χ4n) is 2.77. The molecule has 2 nitrogen and oxygen atoms in total. The molecule has 0 aromatic heterocycles. The molecular weight excluding hydrogens is 265 g/mol. The van der Waals surface area contributed by atoms with Crippen molar-refractivity contribution in [3.05, 3.63) is 35.6 Å². The first-order chi connectivity index (χ1) is 10.0. The molecule has 0 aliphatic carbocycles. The first kappa shape index (κ1) is 18.1. The van der Waals surface area contributed by atoms with E-state index < -0.39 is 6.10 Å². The number of aliphatic hydroxyl groups is 1. The highest BCUT2D eigenvalue weighted by atomic mass is 19.1. The minimum atomic E-state index is -0.748. The number of benzene rings is 1. The van der Waals surface area contributed by atoms with Crippen molar-refractivity contribution in [2.45, 2.75) is 46.6 Å². The Bertz CT molecular complexity index is 406. The molecular formula is C18H30FNO. The van der Waals surface area contributed by atoms with Crippen molar-refractivity contribution < 1.29 is 9.50 Å². The predicted molar refractivity (Wildman–Crippen MR) is 86.7 cm³/mol. The van der Waals surface area contributed by atoms with Crippen LogP contribution in [0.4, 0.5) is 4.39 Å². The molecule has 0 radical (unpaired) electrons. The zero-order valence-corrected chi connectivity index (χ0v) is 13.8. The fraction of sp³-hybridized carbons (Fsp3) is 0.667. The number of nitrogens with zero attached hydrogens (tertiary/aromatic N) is 1. The molecule has 0 aliphatic heterocycles. The van der Waals surface area contributed by atoms with Crippen LogP contribution in [0.3, 0.4) is 0 Å². The van der Waals surface area contributed by atoms with Gasteiger partial charge in [0, 0.05) is 18.7 Å². The Kier molecular flexibility index (Phi) is 7.91. The van der Waals surface area contributed by atoms with Gasteiger partial charge in [-0.15, -0.1) is 0 Å². The standard InChI is InChI=1S/C18H30FNO/c1-5-15(6-2)13-20(7-3)12-14(4)18(21)16-10-8-9-11-17(16)19/h8-11,14-15,18,21H,5-7,12-13H2,1-4H3. The Morgan fingerprint density at radius 1 is 1.10 bits per heavy atom. The Balaban J connectivity index is 2.65. The molecule has 1 N–H and O–H groups in total. The second kappa shape index (κ2) is 9.16. The number of rotatable bonds is 9. The van der Waals surface area contributed by atoms with E-state index in [1.54, 1.807) is 18.2 Å². The van der Waals surface area contributed by atoms with Gasteiger partial charge < -0.3 is 10.0 Å². The van der Waals surface area contributed by atoms with Crippen molar-refractivity contribution in [3.8, 4) is 0 Å². The Morgan fingerprint density at radius 3 is 2.24 bits per heavy atom. The van der Waals surface area contributed by atoms with E-state index in [0.717, 1.165) is 19.6 Å². The molecule has 1 rings (SSSR count). The van der Waals surface area contributed by atoms with E-state index in [-0.39, 0.29) is 11.7 Å². The molecule has 21 heavy (non-hydrogen) atoms. The summed E-state index contributed by atoms with van der Waals surface area (Å²) in [6.45, 7) is 11.4. The van der Waals surface area contributed by atoms with Crippen molar-refractivity contribution >= 4 is 0 Å². The van der Waals surface area contributed by atoms with Crippen LogP contribution in [0.25, 0.3) is 0 Å². The number of hydrogen-bond donors (Lipinski definition) is 1. The van der Waals surface area contributed by atoms with Crippen LogP contribution >= 0.6 is 0 Å². The maximum absolute atomic E-state index is 13.8. The zero-order valence-electron chi connectivity index (χ0n) is 13.8. The third-order valence-corrected chi connectivity index (χ3v) is 4.43. The highest BCUT2D eigenvalue weighted by Gasteiger charge is 2.22. The lowest BCUT2D eigenvalue weighted by molar-refractivity contribution is 0.0812. The van der Waals surface area contributed by atoms with Gasteiger partial charge in [0.05, 0.1) is 6.10 Å². The van der Waals surface area contributed by atoms with E-state index in [9.17, 15) is 9.50 Å². The molecule has 120 valence electrons. The van der Waals surface area contributed by atoms with Gasteiger partial charge >= 0.3 is 0 Å². The first-order valence-electron chi connectivity index (χ1n) is 8.18. The summed E-state index contributed by atoms with van der Waals surface area (Å²) >= 11 is 0. The van der Waals surface area contributed by atoms with E-state index >= 15 is 0 Å². The van der Waals surface area contributed by atoms with Crippen LogP contribution in [0.15, 0.2) is 24.3 Å². The topological polar surface area (TPSA) is 23.5 Å². The van der Waals surface area contributed by atoms with Crippen LogP contribution in [0.5, 0.6) is 0 Å². The Morgan fingerprint density at radius 2 is 1.71 bits per heavy atom. The van der Waals surface area contributed by atoms with Gasteiger partial charge in [-0.25, -0.2) is 4.39 Å². The molecule has 3 heteroatoms. The van der Waals surface area contributed by atoms with Crippen LogP contribution in [-0.2, 0) is 0 Å². The Labute approximate surface area is 129 Å². The minimum absolute atomic E-state index is 0.0104. The van der Waals surface area contributed by atoms with Crippen molar-refractivity contribution in [2.75, 3.05) is 19.6 Å². The summed E-state index contributed by atoms with van der Waals surface area (Å²) in [6, 6.07) is 6.51. The van der Waals surface area contributed by atoms with Crippen molar-refractivity contribution in [1.82, 2.24) is 4.90 Å². The first-order valence-corrected chi connectivity index (χ1v) is 8.18. The van der Waals surface area contributed by atoms with E-state index in [1.807, 2.05) is 6.92 Å². The molecule has 0 saturated heterocycles. The Hall–Kier alpha value is -0.930. The van der Waals surface area contributed by atoms with Gasteiger partial charge in [0.1, 0.15) is 5.82 Å². The summed E-state index contributed by atoms with van der Waals surface area (Å²) in [7, 11) is 0. The van der Waals surface area contributed by atoms with Crippen LogP contribution in [-0.4, -0.2) is 29.6 Å². The predicted octanol–water partition coefficient (Wildman–Crippen LogP) is 4.25. The summed E-state index contributed by atoms with van der Waals surface area (Å²) in [5, 5.41) is 10.4. The summed E-state index contributed by atoms with van der Waals surface area (Å²) < 4.78 is 13.8. The molecule has 0 spiro atoms. The van der Waals surface area contributed by atoms with Crippen LogP contribution < -0.4 is 0 Å². The van der Waals surface area contributed by atoms with Crippen LogP contribution in [0.1, 0.15) is 52.2 Å². The average Bonchev–Trinajstić information content (AvgIpc) is 2.50. The molecule has 2 unspecified atom stereocenters. The summed E-state index contributed by atoms with van der Waals surface area (Å²) in [4.78, 5) is 2.37. The lowest BCUT2D eigenvalue weighted by Crippen LogP contribution is -2.34. The number of halogens is 1. The quantitative estimate of drug-likeness (QED) is 0.736. The minimum Gasteiger partial charge on any atom is -0.388 e. The highest BCUT2D eigenvalue weighted by Crippen LogP contribution is 2.25. The van der Waals surface area contributed by atoms with E-state index in [4.69, 9.17) is 0 Å². The average molecular weight is 295 g/mol. The third kappa shape index (κ3) is 5.40. The van der Waals surface area contributed by atoms with E-state index in [0.29, 0.717) is 11.5 Å². The summed E-state index contributed by atoms with van der Waals surface area (Å²) in [5.74, 6) is 0.388. The molecule has 1 aromatic carbocycles. The van der Waals surface area contributed by atoms with Gasteiger partial charge in [-0.3, -0.25) is 0 Å². The van der Waals surface area contributed by atoms with E-state index in [2.05, 4.69) is 25.7 Å². The van der Waals surface area contributed by atoms with E-state index in [1.165, 1.54) is 18.9 Å². The van der Waals surface area contributed by atoms with Gasteiger partial charge in [-0.1, -0.05) is 58.7 Å². The normalized spacial score (nSPS) is 14.7. The van der Waals surface area contributed by atoms with Crippen molar-refractivity contribution in [2.24, 2.45) is 11.8 Å². The third-order valence-electron chi connectivity index (χ3n) is 4.43. The number of aliphatic hydroxyl groups excluding tert-OH is 1. The van der Waals surface area contributed by atoms with Gasteiger partial charge in [0.15, 0.2) is 0 Å². The van der Waals surface area contributed by atoms with Gasteiger partial charge in [-0.05, 0) is 24.4 Å². The maximum atomic E-state index is 13.8. The van der Waals surface area contributed by atoms with Crippen molar-refractivity contribution in [3.63, 3.8) is 0 Å². The lowest BCUT2D eigenvalue weighted by Gasteiger charge is -2.30. The molecule has 0 bridgehead atoms. The van der Waals surface area contributed by atoms with Gasteiger partial charge in [0.2, 0.25) is 0 Å². The second-order valence-electron chi connectivity index (χ2n) is 5.98. The molecule has 0 amide bonds. The highest BCUT2D eigenvalue weighted by molar-refractivity contribution is 5.20. The lowest BCUT2D eigenvalue weighted by atomic mass is 9.95. The summed E-state index contributed by atoms with van der Waals surface area (Å²) in [6.07, 6.45) is 1.61. The molecule has 2 atom stereocenters. The van der Waals surface area contributed by atoms with Crippen LogP contribution in [0, 0.1) is 17.7 Å². The van der Waals surface area contributed by atoms with Crippen LogP contribution in [0.2, 0.25) is 0 Å². The SMILES string of the molecule is CCC(CC)CN(CC)CC(C)C(O)c1ccccc1F. The zero-order chi connectivity index (χ0) is 15.8. The maximum Gasteiger partial charge on any atom is 0.129 e. The largest absolute Gasteiger partial charge is 0.388 e. The molecule has 0 fully saturated rings. The molecule has 0 aliphatic rings. The second-order valence-corrected chi connectivity index (χ2v) is 5.98. The monoisotopic (exact) mass is 295 g/mol. The molecule has 0 saturated carbocycles. The van der Waals surface area contributed by atoms with Gasteiger partial charge in [-0.2, -0.15) is 0 Å². The fourth-order valence-corrected chi connectivity index (χ4v) is 2.77. The van der Waals surface area contributed by atoms with Gasteiger partial charge in [0.25, 0.3) is 0 Å². The number of hydrogen-bond acceptors (Lipinski definition) is 2. The molecule has 1 aromatic rings.